The summed E-state index contributed by atoms with van der Waals surface area (Å²) in [5.41, 5.74) is 6.15. The summed E-state index contributed by atoms with van der Waals surface area (Å²) < 4.78 is 22.5. The Hall–Kier alpha value is -1.31. The molecule has 1 aliphatic rings. The van der Waals surface area contributed by atoms with E-state index in [1.165, 1.54) is 12.1 Å². The highest BCUT2D eigenvalue weighted by atomic mass is 32.2. The zero-order valence-electron chi connectivity index (χ0n) is 9.18. The van der Waals surface area contributed by atoms with Crippen molar-refractivity contribution in [3.63, 3.8) is 0 Å². The Morgan fingerprint density at radius 2 is 2.00 bits per heavy atom. The van der Waals surface area contributed by atoms with E-state index in [1.807, 2.05) is 0 Å². The number of benzene rings is 1. The van der Waals surface area contributed by atoms with Crippen LogP contribution in [-0.2, 0) is 10.0 Å². The van der Waals surface area contributed by atoms with Crippen LogP contribution in [0.3, 0.4) is 0 Å². The van der Waals surface area contributed by atoms with Gasteiger partial charge in [0.05, 0.1) is 17.0 Å². The van der Waals surface area contributed by atoms with Gasteiger partial charge in [-0.1, -0.05) is 0 Å². The van der Waals surface area contributed by atoms with Gasteiger partial charge in [-0.05, 0) is 31.0 Å². The number of nitrogens with one attached hydrogen (secondary N) is 1. The fourth-order valence-electron chi connectivity index (χ4n) is 1.64. The highest BCUT2D eigenvalue weighted by Gasteiger charge is 2.42. The smallest absolute Gasteiger partial charge is 0.238 e. The second kappa shape index (κ2) is 3.86. The maximum Gasteiger partial charge on any atom is 0.238 e. The first kappa shape index (κ1) is 12.2. The Kier molecular flexibility index (Phi) is 2.76. The van der Waals surface area contributed by atoms with Crippen LogP contribution in [0.4, 0.5) is 11.4 Å². The fourth-order valence-corrected chi connectivity index (χ4v) is 2.23. The molecule has 0 atom stereocenters. The monoisotopic (exact) mass is 257 g/mol. The number of nitrogen functional groups attached to an aromatic ring is 1. The predicted molar refractivity (Wildman–Crippen MR) is 64.9 cm³/mol. The molecule has 0 heterocycles. The summed E-state index contributed by atoms with van der Waals surface area (Å²) in [5, 5.41) is 17.3. The molecular weight excluding hydrogens is 242 g/mol. The van der Waals surface area contributed by atoms with Crippen molar-refractivity contribution in [2.75, 3.05) is 17.7 Å². The molecule has 0 unspecified atom stereocenters. The quantitative estimate of drug-likeness (QED) is 0.559. The van der Waals surface area contributed by atoms with Gasteiger partial charge in [-0.25, -0.2) is 13.6 Å². The zero-order chi connectivity index (χ0) is 12.7. The Balaban J connectivity index is 2.33. The summed E-state index contributed by atoms with van der Waals surface area (Å²) in [6, 6.07) is 4.34. The molecule has 0 radical (unpaired) electrons. The molecule has 1 aliphatic carbocycles. The molecule has 2 rings (SSSR count). The molecule has 17 heavy (non-hydrogen) atoms. The summed E-state index contributed by atoms with van der Waals surface area (Å²) in [6.07, 6.45) is 1.70. The number of aliphatic hydroxyl groups excluding tert-OH is 1. The first-order valence-corrected chi connectivity index (χ1v) is 6.72. The third kappa shape index (κ3) is 2.68. The van der Waals surface area contributed by atoms with E-state index >= 15 is 0 Å². The number of nitrogens with two attached hydrogens (primary N) is 2. The van der Waals surface area contributed by atoms with Gasteiger partial charge in [-0.2, -0.15) is 0 Å². The van der Waals surface area contributed by atoms with Gasteiger partial charge in [0.2, 0.25) is 10.0 Å². The molecule has 0 aliphatic heterocycles. The van der Waals surface area contributed by atoms with Gasteiger partial charge in [-0.3, -0.25) is 0 Å². The van der Waals surface area contributed by atoms with E-state index in [0.29, 0.717) is 11.4 Å². The topological polar surface area (TPSA) is 118 Å². The Morgan fingerprint density at radius 3 is 2.47 bits per heavy atom. The number of hydrogen-bond donors (Lipinski definition) is 4. The average Bonchev–Trinajstić information content (AvgIpc) is 2.96. The van der Waals surface area contributed by atoms with E-state index in [4.69, 9.17) is 10.9 Å². The van der Waals surface area contributed by atoms with E-state index < -0.39 is 10.0 Å². The molecule has 1 fully saturated rings. The highest BCUT2D eigenvalue weighted by molar-refractivity contribution is 7.89. The number of rotatable bonds is 4. The third-order valence-electron chi connectivity index (χ3n) is 2.82. The minimum Gasteiger partial charge on any atom is -0.399 e. The van der Waals surface area contributed by atoms with Crippen molar-refractivity contribution < 1.29 is 13.5 Å². The first-order chi connectivity index (χ1) is 7.85. The minimum absolute atomic E-state index is 0.00646. The van der Waals surface area contributed by atoms with Gasteiger partial charge in [0.15, 0.2) is 0 Å². The van der Waals surface area contributed by atoms with Crippen LogP contribution in [0.5, 0.6) is 0 Å². The fraction of sp³-hybridized carbons (Fsp3) is 0.400. The number of anilines is 2. The Bertz CT molecular complexity index is 538. The molecule has 6 nitrogen and oxygen atoms in total. The van der Waals surface area contributed by atoms with Crippen molar-refractivity contribution in [2.45, 2.75) is 23.3 Å². The number of primary sulfonamides is 1. The minimum atomic E-state index is -3.77. The molecule has 0 bridgehead atoms. The second-order valence-electron chi connectivity index (χ2n) is 4.40. The van der Waals surface area contributed by atoms with Gasteiger partial charge < -0.3 is 16.2 Å². The summed E-state index contributed by atoms with van der Waals surface area (Å²) in [5.74, 6) is 0. The van der Waals surface area contributed by atoms with Crippen LogP contribution < -0.4 is 16.2 Å². The molecule has 1 aromatic rings. The van der Waals surface area contributed by atoms with Crippen LogP contribution in [0.15, 0.2) is 23.1 Å². The summed E-state index contributed by atoms with van der Waals surface area (Å²) in [6.45, 7) is 0.00646. The molecule has 6 N–H and O–H groups in total. The van der Waals surface area contributed by atoms with E-state index in [9.17, 15) is 13.5 Å². The number of aliphatic hydroxyl groups is 1. The molecular formula is C10H15N3O3S. The first-order valence-electron chi connectivity index (χ1n) is 5.17. The van der Waals surface area contributed by atoms with Crippen molar-refractivity contribution in [3.8, 4) is 0 Å². The lowest BCUT2D eigenvalue weighted by molar-refractivity contribution is 0.266. The van der Waals surface area contributed by atoms with E-state index in [1.54, 1.807) is 6.07 Å². The largest absolute Gasteiger partial charge is 0.399 e. The highest BCUT2D eigenvalue weighted by Crippen LogP contribution is 2.38. The Labute approximate surface area is 99.7 Å². The lowest BCUT2D eigenvalue weighted by Gasteiger charge is -2.16. The van der Waals surface area contributed by atoms with Gasteiger partial charge in [0.25, 0.3) is 0 Å². The normalized spacial score (nSPS) is 17.8. The summed E-state index contributed by atoms with van der Waals surface area (Å²) in [7, 11) is -3.77. The van der Waals surface area contributed by atoms with Gasteiger partial charge in [-0.15, -0.1) is 0 Å². The van der Waals surface area contributed by atoms with Crippen LogP contribution in [0.1, 0.15) is 12.8 Å². The molecule has 1 saturated carbocycles. The van der Waals surface area contributed by atoms with Crippen LogP contribution >= 0.6 is 0 Å². The Morgan fingerprint density at radius 1 is 1.35 bits per heavy atom. The van der Waals surface area contributed by atoms with Crippen molar-refractivity contribution in [1.82, 2.24) is 0 Å². The van der Waals surface area contributed by atoms with Gasteiger partial charge >= 0.3 is 0 Å². The molecule has 94 valence electrons. The van der Waals surface area contributed by atoms with Crippen LogP contribution in [0, 0.1) is 0 Å². The number of sulfonamides is 1. The third-order valence-corrected chi connectivity index (χ3v) is 3.72. The summed E-state index contributed by atoms with van der Waals surface area (Å²) >= 11 is 0. The maximum atomic E-state index is 11.2. The molecule has 7 heteroatoms. The average molecular weight is 257 g/mol. The molecule has 1 aromatic carbocycles. The van der Waals surface area contributed by atoms with E-state index in [-0.39, 0.29) is 17.0 Å². The lowest BCUT2D eigenvalue weighted by atomic mass is 10.2. The van der Waals surface area contributed by atoms with Gasteiger partial charge in [0, 0.05) is 11.4 Å². The second-order valence-corrected chi connectivity index (χ2v) is 5.96. The lowest BCUT2D eigenvalue weighted by Crippen LogP contribution is -2.25. The molecule has 0 spiro atoms. The van der Waals surface area contributed by atoms with E-state index in [0.717, 1.165) is 12.8 Å². The molecule has 0 amide bonds. The maximum absolute atomic E-state index is 11.2. The van der Waals surface area contributed by atoms with E-state index in [2.05, 4.69) is 5.32 Å². The van der Waals surface area contributed by atoms with Crippen molar-refractivity contribution >= 4 is 21.4 Å². The zero-order valence-corrected chi connectivity index (χ0v) is 10.00. The summed E-state index contributed by atoms with van der Waals surface area (Å²) in [4.78, 5) is -0.0336. The van der Waals surface area contributed by atoms with Crippen molar-refractivity contribution in [2.24, 2.45) is 5.14 Å². The SMILES string of the molecule is Nc1cc(NC2(CO)CC2)cc(S(N)(=O)=O)c1. The number of hydrogen-bond acceptors (Lipinski definition) is 5. The predicted octanol–water partition coefficient (Wildman–Crippen LogP) is -0.147. The van der Waals surface area contributed by atoms with Crippen LogP contribution in [0.2, 0.25) is 0 Å². The molecule has 0 saturated heterocycles. The van der Waals surface area contributed by atoms with Crippen LogP contribution in [0.25, 0.3) is 0 Å². The van der Waals surface area contributed by atoms with Crippen LogP contribution in [-0.4, -0.2) is 25.7 Å². The van der Waals surface area contributed by atoms with Crippen molar-refractivity contribution in [1.29, 1.82) is 0 Å². The molecule has 0 aromatic heterocycles. The van der Waals surface area contributed by atoms with Gasteiger partial charge in [0.1, 0.15) is 0 Å². The van der Waals surface area contributed by atoms with Crippen molar-refractivity contribution in [3.05, 3.63) is 18.2 Å². The standard InChI is InChI=1S/C10H15N3O3S/c11-7-3-8(13-10(6-14)1-2-10)5-9(4-7)17(12,15)16/h3-5,13-14H,1-2,6,11H2,(H2,12,15,16).